The van der Waals surface area contributed by atoms with Gasteiger partial charge in [0.05, 0.1) is 10.7 Å². The molecule has 1 aromatic heterocycles. The van der Waals surface area contributed by atoms with Gasteiger partial charge in [0, 0.05) is 23.5 Å². The first kappa shape index (κ1) is 11.6. The van der Waals surface area contributed by atoms with E-state index in [1.54, 1.807) is 11.3 Å². The molecule has 0 aliphatic rings. The lowest BCUT2D eigenvalue weighted by Gasteiger charge is -2.14. The van der Waals surface area contributed by atoms with E-state index in [0.717, 1.165) is 17.2 Å². The lowest BCUT2D eigenvalue weighted by atomic mass is 10.2. The molecule has 14 heavy (non-hydrogen) atoms. The van der Waals surface area contributed by atoms with Crippen molar-refractivity contribution in [1.82, 2.24) is 10.3 Å². The topological polar surface area (TPSA) is 50.9 Å². The first-order valence-electron chi connectivity index (χ1n) is 4.93. The summed E-state index contributed by atoms with van der Waals surface area (Å²) in [7, 11) is 0. The van der Waals surface area contributed by atoms with Gasteiger partial charge in [-0.1, -0.05) is 0 Å². The highest BCUT2D eigenvalue weighted by Crippen LogP contribution is 2.23. The predicted octanol–water partition coefficient (Wildman–Crippen LogP) is 1.76. The molecule has 0 saturated heterocycles. The van der Waals surface area contributed by atoms with Gasteiger partial charge in [0.1, 0.15) is 0 Å². The molecule has 0 aromatic carbocycles. The van der Waals surface area contributed by atoms with Crippen LogP contribution in [0.2, 0.25) is 0 Å². The Bertz CT molecular complexity index is 294. The standard InChI is InChI=1S/C10H19N3S/c1-6(11)5-12-7(2)10-8(3)13-9(4)14-10/h6-7,12H,5,11H2,1-4H3. The van der Waals surface area contributed by atoms with Gasteiger partial charge in [0.15, 0.2) is 0 Å². The molecule has 1 heterocycles. The molecule has 0 aliphatic carbocycles. The second kappa shape index (κ2) is 4.87. The molecule has 2 unspecified atom stereocenters. The van der Waals surface area contributed by atoms with Gasteiger partial charge in [-0.05, 0) is 27.7 Å². The van der Waals surface area contributed by atoms with Crippen molar-refractivity contribution in [3.63, 3.8) is 0 Å². The zero-order chi connectivity index (χ0) is 10.7. The second-order valence-electron chi connectivity index (χ2n) is 3.79. The molecule has 0 bridgehead atoms. The van der Waals surface area contributed by atoms with Crippen molar-refractivity contribution in [2.24, 2.45) is 5.73 Å². The quantitative estimate of drug-likeness (QED) is 0.801. The van der Waals surface area contributed by atoms with Gasteiger partial charge in [-0.3, -0.25) is 0 Å². The van der Waals surface area contributed by atoms with Gasteiger partial charge in [-0.15, -0.1) is 11.3 Å². The minimum atomic E-state index is 0.201. The number of nitrogens with one attached hydrogen (secondary N) is 1. The van der Waals surface area contributed by atoms with Crippen molar-refractivity contribution in [3.05, 3.63) is 15.6 Å². The summed E-state index contributed by atoms with van der Waals surface area (Å²) in [5, 5.41) is 4.53. The average Bonchev–Trinajstić information content (AvgIpc) is 2.41. The Kier molecular flexibility index (Phi) is 4.04. The SMILES string of the molecule is Cc1nc(C)c(C(C)NCC(C)N)s1. The van der Waals surface area contributed by atoms with E-state index < -0.39 is 0 Å². The number of aromatic nitrogens is 1. The van der Waals surface area contributed by atoms with Crippen molar-refractivity contribution >= 4 is 11.3 Å². The van der Waals surface area contributed by atoms with Crippen LogP contribution in [0.5, 0.6) is 0 Å². The summed E-state index contributed by atoms with van der Waals surface area (Å²) in [5.74, 6) is 0. The number of hydrogen-bond acceptors (Lipinski definition) is 4. The van der Waals surface area contributed by atoms with E-state index in [4.69, 9.17) is 5.73 Å². The summed E-state index contributed by atoms with van der Waals surface area (Å²) in [4.78, 5) is 5.73. The average molecular weight is 213 g/mol. The maximum atomic E-state index is 5.69. The van der Waals surface area contributed by atoms with Gasteiger partial charge in [0.25, 0.3) is 0 Å². The van der Waals surface area contributed by atoms with Crippen LogP contribution in [-0.2, 0) is 0 Å². The Hall–Kier alpha value is -0.450. The molecular weight excluding hydrogens is 194 g/mol. The predicted molar refractivity (Wildman–Crippen MR) is 61.7 cm³/mol. The van der Waals surface area contributed by atoms with Gasteiger partial charge in [-0.2, -0.15) is 0 Å². The molecule has 1 aromatic rings. The summed E-state index contributed by atoms with van der Waals surface area (Å²) in [5.41, 5.74) is 6.82. The van der Waals surface area contributed by atoms with Crippen molar-refractivity contribution in [1.29, 1.82) is 0 Å². The van der Waals surface area contributed by atoms with E-state index in [2.05, 4.69) is 24.1 Å². The van der Waals surface area contributed by atoms with Crippen molar-refractivity contribution in [2.45, 2.75) is 39.8 Å². The number of aryl methyl sites for hydroxylation is 2. The third-order valence-electron chi connectivity index (χ3n) is 2.08. The Morgan fingerprint density at radius 1 is 1.43 bits per heavy atom. The van der Waals surface area contributed by atoms with Crippen molar-refractivity contribution < 1.29 is 0 Å². The summed E-state index contributed by atoms with van der Waals surface area (Å²) in [6, 6.07) is 0.555. The highest BCUT2D eigenvalue weighted by atomic mass is 32.1. The lowest BCUT2D eigenvalue weighted by Crippen LogP contribution is -2.32. The first-order chi connectivity index (χ1) is 6.50. The molecule has 0 aliphatic heterocycles. The monoisotopic (exact) mass is 213 g/mol. The summed E-state index contributed by atoms with van der Waals surface area (Å²) >= 11 is 1.76. The van der Waals surface area contributed by atoms with E-state index in [1.807, 2.05) is 13.8 Å². The van der Waals surface area contributed by atoms with E-state index in [9.17, 15) is 0 Å². The van der Waals surface area contributed by atoms with E-state index in [-0.39, 0.29) is 6.04 Å². The molecule has 0 amide bonds. The Balaban J connectivity index is 2.60. The molecule has 0 fully saturated rings. The van der Waals surface area contributed by atoms with Gasteiger partial charge >= 0.3 is 0 Å². The van der Waals surface area contributed by atoms with E-state index in [0.29, 0.717) is 6.04 Å². The van der Waals surface area contributed by atoms with Crippen molar-refractivity contribution in [2.75, 3.05) is 6.54 Å². The Morgan fingerprint density at radius 2 is 2.07 bits per heavy atom. The van der Waals surface area contributed by atoms with Crippen molar-refractivity contribution in [3.8, 4) is 0 Å². The normalized spacial score (nSPS) is 15.5. The molecular formula is C10H19N3S. The highest BCUT2D eigenvalue weighted by molar-refractivity contribution is 7.11. The molecule has 4 heteroatoms. The van der Waals surface area contributed by atoms with Crippen LogP contribution in [0.1, 0.15) is 35.5 Å². The summed E-state index contributed by atoms with van der Waals surface area (Å²) in [6.07, 6.45) is 0. The minimum absolute atomic E-state index is 0.201. The maximum Gasteiger partial charge on any atom is 0.0900 e. The van der Waals surface area contributed by atoms with Crippen LogP contribution in [0.3, 0.4) is 0 Å². The van der Waals surface area contributed by atoms with Crippen LogP contribution >= 0.6 is 11.3 Å². The minimum Gasteiger partial charge on any atom is -0.327 e. The molecule has 80 valence electrons. The van der Waals surface area contributed by atoms with Gasteiger partial charge < -0.3 is 11.1 Å². The molecule has 3 nitrogen and oxygen atoms in total. The van der Waals surface area contributed by atoms with Crippen LogP contribution in [-0.4, -0.2) is 17.6 Å². The Morgan fingerprint density at radius 3 is 2.50 bits per heavy atom. The van der Waals surface area contributed by atoms with Gasteiger partial charge in [0.2, 0.25) is 0 Å². The summed E-state index contributed by atoms with van der Waals surface area (Å²) in [6.45, 7) is 9.10. The molecule has 1 rings (SSSR count). The third kappa shape index (κ3) is 3.04. The number of hydrogen-bond donors (Lipinski definition) is 2. The fourth-order valence-corrected chi connectivity index (χ4v) is 2.36. The zero-order valence-electron chi connectivity index (χ0n) is 9.29. The van der Waals surface area contributed by atoms with Crippen LogP contribution in [0.4, 0.5) is 0 Å². The lowest BCUT2D eigenvalue weighted by molar-refractivity contribution is 0.537. The molecule has 3 N–H and O–H groups in total. The number of rotatable bonds is 4. The fourth-order valence-electron chi connectivity index (χ4n) is 1.40. The fraction of sp³-hybridized carbons (Fsp3) is 0.700. The van der Waals surface area contributed by atoms with Gasteiger partial charge in [-0.25, -0.2) is 4.98 Å². The van der Waals surface area contributed by atoms with Crippen LogP contribution in [0.15, 0.2) is 0 Å². The first-order valence-corrected chi connectivity index (χ1v) is 5.75. The Labute approximate surface area is 89.7 Å². The largest absolute Gasteiger partial charge is 0.327 e. The van der Waals surface area contributed by atoms with E-state index in [1.165, 1.54) is 4.88 Å². The molecule has 0 saturated carbocycles. The van der Waals surface area contributed by atoms with Crippen LogP contribution in [0.25, 0.3) is 0 Å². The highest BCUT2D eigenvalue weighted by Gasteiger charge is 2.12. The van der Waals surface area contributed by atoms with E-state index >= 15 is 0 Å². The zero-order valence-corrected chi connectivity index (χ0v) is 10.1. The summed E-state index contributed by atoms with van der Waals surface area (Å²) < 4.78 is 0. The van der Waals surface area contributed by atoms with Crippen LogP contribution in [0, 0.1) is 13.8 Å². The smallest absolute Gasteiger partial charge is 0.0900 e. The number of nitrogens with zero attached hydrogens (tertiary/aromatic N) is 1. The molecule has 0 radical (unpaired) electrons. The molecule has 2 atom stereocenters. The molecule has 0 spiro atoms. The number of thiazole rings is 1. The number of nitrogens with two attached hydrogens (primary N) is 1. The van der Waals surface area contributed by atoms with Crippen LogP contribution < -0.4 is 11.1 Å². The second-order valence-corrected chi connectivity index (χ2v) is 5.02. The third-order valence-corrected chi connectivity index (χ3v) is 3.33. The maximum absolute atomic E-state index is 5.69.